The van der Waals surface area contributed by atoms with Gasteiger partial charge in [-0.15, -0.1) is 0 Å². The van der Waals surface area contributed by atoms with Gasteiger partial charge in [-0.1, -0.05) is 41.6 Å². The van der Waals surface area contributed by atoms with Crippen LogP contribution in [-0.4, -0.2) is 33.8 Å². The lowest BCUT2D eigenvalue weighted by atomic mass is 10.1. The first-order valence-corrected chi connectivity index (χ1v) is 9.87. The maximum absolute atomic E-state index is 13.0. The molecule has 2 aromatic carbocycles. The monoisotopic (exact) mass is 398 g/mol. The molecule has 0 bridgehead atoms. The number of rotatable bonds is 6. The molecule has 1 aromatic heterocycles. The summed E-state index contributed by atoms with van der Waals surface area (Å²) >= 11 is 1.42. The Balaban J connectivity index is 2.06. The quantitative estimate of drug-likeness (QED) is 0.390. The molecule has 146 valence electrons. The molecule has 3 aromatic rings. The van der Waals surface area contributed by atoms with Gasteiger partial charge in [-0.25, -0.2) is 9.78 Å². The number of esters is 1. The van der Waals surface area contributed by atoms with E-state index in [2.05, 4.69) is 11.1 Å². The number of aliphatic hydroxyl groups excluding tert-OH is 1. The number of aromatic nitrogens is 2. The van der Waals surface area contributed by atoms with Gasteiger partial charge in [0.1, 0.15) is 0 Å². The first-order valence-electron chi connectivity index (χ1n) is 8.88. The van der Waals surface area contributed by atoms with Crippen molar-refractivity contribution in [3.05, 3.63) is 69.5 Å². The summed E-state index contributed by atoms with van der Waals surface area (Å²) in [7, 11) is 1.31. The third-order valence-corrected chi connectivity index (χ3v) is 5.29. The van der Waals surface area contributed by atoms with Crippen molar-refractivity contribution in [1.29, 1.82) is 0 Å². The van der Waals surface area contributed by atoms with Crippen molar-refractivity contribution in [2.45, 2.75) is 37.4 Å². The number of aliphatic hydroxyl groups is 1. The van der Waals surface area contributed by atoms with E-state index >= 15 is 0 Å². The molecule has 1 heterocycles. The fourth-order valence-electron chi connectivity index (χ4n) is 2.93. The van der Waals surface area contributed by atoms with Crippen LogP contribution in [0.3, 0.4) is 0 Å². The van der Waals surface area contributed by atoms with Gasteiger partial charge in [0.05, 0.1) is 36.2 Å². The Morgan fingerprint density at radius 3 is 2.75 bits per heavy atom. The first-order chi connectivity index (χ1) is 13.4. The summed E-state index contributed by atoms with van der Waals surface area (Å²) in [5.41, 5.74) is 2.81. The predicted octanol–water partition coefficient (Wildman–Crippen LogP) is 3.16. The van der Waals surface area contributed by atoms with E-state index in [9.17, 15) is 14.7 Å². The van der Waals surface area contributed by atoms with Gasteiger partial charge in [-0.2, -0.15) is 0 Å². The van der Waals surface area contributed by atoms with Gasteiger partial charge in [-0.3, -0.25) is 9.36 Å². The van der Waals surface area contributed by atoms with E-state index in [1.165, 1.54) is 23.4 Å². The number of thioether (sulfide) groups is 1. The molecule has 3 rings (SSSR count). The molecule has 1 atom stereocenters. The summed E-state index contributed by atoms with van der Waals surface area (Å²) in [5.74, 6) is 0.154. The molecule has 6 nitrogen and oxygen atoms in total. The average Bonchev–Trinajstić information content (AvgIpc) is 2.67. The SMILES string of the molecule is COC(=O)c1ccc2c(=O)n(C[C@H](C)O)c(SCc3cccc(C)c3)nc2c1. The Kier molecular flexibility index (Phi) is 6.16. The summed E-state index contributed by atoms with van der Waals surface area (Å²) in [5, 5.41) is 10.7. The van der Waals surface area contributed by atoms with Crippen LogP contribution in [0.15, 0.2) is 52.4 Å². The molecule has 0 fully saturated rings. The van der Waals surface area contributed by atoms with Crippen LogP contribution >= 0.6 is 11.8 Å². The molecule has 0 saturated heterocycles. The van der Waals surface area contributed by atoms with E-state index in [0.717, 1.165) is 11.1 Å². The second kappa shape index (κ2) is 8.58. The number of hydrogen-bond donors (Lipinski definition) is 1. The zero-order valence-electron chi connectivity index (χ0n) is 16.0. The van der Waals surface area contributed by atoms with E-state index in [1.54, 1.807) is 25.1 Å². The number of carbonyl (C=O) groups is 1. The summed E-state index contributed by atoms with van der Waals surface area (Å²) in [6.07, 6.45) is -0.690. The standard InChI is InChI=1S/C21H22N2O4S/c1-13-5-4-6-15(9-13)12-28-21-22-18-10-16(20(26)27-3)7-8-17(18)19(25)23(21)11-14(2)24/h4-10,14,24H,11-12H2,1-3H3/t14-/m0/s1. The molecule has 0 radical (unpaired) electrons. The molecule has 0 aliphatic heterocycles. The van der Waals surface area contributed by atoms with E-state index in [1.807, 2.05) is 25.1 Å². The van der Waals surface area contributed by atoms with Crippen LogP contribution in [0, 0.1) is 6.92 Å². The van der Waals surface area contributed by atoms with Crippen molar-refractivity contribution in [1.82, 2.24) is 9.55 Å². The highest BCUT2D eigenvalue weighted by atomic mass is 32.2. The smallest absolute Gasteiger partial charge is 0.337 e. The lowest BCUT2D eigenvalue weighted by Gasteiger charge is -2.15. The summed E-state index contributed by atoms with van der Waals surface area (Å²) in [6.45, 7) is 3.81. The highest BCUT2D eigenvalue weighted by molar-refractivity contribution is 7.98. The van der Waals surface area contributed by atoms with Crippen molar-refractivity contribution in [2.75, 3.05) is 7.11 Å². The van der Waals surface area contributed by atoms with Crippen LogP contribution in [0.1, 0.15) is 28.4 Å². The molecule has 0 unspecified atom stereocenters. The van der Waals surface area contributed by atoms with Gasteiger partial charge < -0.3 is 9.84 Å². The molecular weight excluding hydrogens is 376 g/mol. The third kappa shape index (κ3) is 4.43. The molecule has 1 N–H and O–H groups in total. The fraction of sp³-hybridized carbons (Fsp3) is 0.286. The van der Waals surface area contributed by atoms with E-state index in [4.69, 9.17) is 4.74 Å². The Morgan fingerprint density at radius 1 is 1.29 bits per heavy atom. The van der Waals surface area contributed by atoms with E-state index in [0.29, 0.717) is 27.4 Å². The number of methoxy groups -OCH3 is 1. The number of carbonyl (C=O) groups excluding carboxylic acids is 1. The van der Waals surface area contributed by atoms with E-state index < -0.39 is 12.1 Å². The number of ether oxygens (including phenoxy) is 1. The van der Waals surface area contributed by atoms with Crippen LogP contribution in [0.4, 0.5) is 0 Å². The maximum atomic E-state index is 13.0. The average molecular weight is 398 g/mol. The number of benzene rings is 2. The third-order valence-electron chi connectivity index (χ3n) is 4.24. The van der Waals surface area contributed by atoms with Crippen molar-refractivity contribution in [3.8, 4) is 0 Å². The lowest BCUT2D eigenvalue weighted by Crippen LogP contribution is -2.28. The van der Waals surface area contributed by atoms with Crippen LogP contribution in [0.25, 0.3) is 10.9 Å². The second-order valence-corrected chi connectivity index (χ2v) is 7.60. The zero-order chi connectivity index (χ0) is 20.3. The highest BCUT2D eigenvalue weighted by Gasteiger charge is 2.15. The van der Waals surface area contributed by atoms with Crippen molar-refractivity contribution < 1.29 is 14.6 Å². The Morgan fingerprint density at radius 2 is 2.07 bits per heavy atom. The Labute approximate surface area is 167 Å². The summed E-state index contributed by atoms with van der Waals surface area (Å²) < 4.78 is 6.24. The number of fused-ring (bicyclic) bond motifs is 1. The molecular formula is C21H22N2O4S. The molecule has 0 aliphatic rings. The van der Waals surface area contributed by atoms with Crippen LogP contribution in [-0.2, 0) is 17.0 Å². The summed E-state index contributed by atoms with van der Waals surface area (Å²) in [6, 6.07) is 12.8. The number of aryl methyl sites for hydroxylation is 1. The van der Waals surface area contributed by atoms with Gasteiger partial charge in [0.2, 0.25) is 0 Å². The minimum absolute atomic E-state index is 0.149. The molecule has 28 heavy (non-hydrogen) atoms. The topological polar surface area (TPSA) is 81.4 Å². The lowest BCUT2D eigenvalue weighted by molar-refractivity contribution is 0.0601. The van der Waals surface area contributed by atoms with Gasteiger partial charge >= 0.3 is 5.97 Å². The van der Waals surface area contributed by atoms with Crippen molar-refractivity contribution >= 4 is 28.6 Å². The maximum Gasteiger partial charge on any atom is 0.337 e. The van der Waals surface area contributed by atoms with Crippen LogP contribution in [0.2, 0.25) is 0 Å². The summed E-state index contributed by atoms with van der Waals surface area (Å²) in [4.78, 5) is 29.4. The molecule has 0 aliphatic carbocycles. The van der Waals surface area contributed by atoms with Crippen LogP contribution in [0.5, 0.6) is 0 Å². The molecule has 0 spiro atoms. The van der Waals surface area contributed by atoms with Crippen molar-refractivity contribution in [3.63, 3.8) is 0 Å². The zero-order valence-corrected chi connectivity index (χ0v) is 16.8. The van der Waals surface area contributed by atoms with Crippen molar-refractivity contribution in [2.24, 2.45) is 0 Å². The second-order valence-electron chi connectivity index (χ2n) is 6.66. The van der Waals surface area contributed by atoms with Gasteiger partial charge in [0.25, 0.3) is 5.56 Å². The number of hydrogen-bond acceptors (Lipinski definition) is 6. The minimum Gasteiger partial charge on any atom is -0.465 e. The predicted molar refractivity (Wildman–Crippen MR) is 110 cm³/mol. The van der Waals surface area contributed by atoms with E-state index in [-0.39, 0.29) is 12.1 Å². The van der Waals surface area contributed by atoms with Gasteiger partial charge in [0, 0.05) is 5.75 Å². The normalized spacial score (nSPS) is 12.1. The van der Waals surface area contributed by atoms with Crippen LogP contribution < -0.4 is 5.56 Å². The molecule has 7 heteroatoms. The van der Waals surface area contributed by atoms with Gasteiger partial charge in [-0.05, 0) is 37.6 Å². The minimum atomic E-state index is -0.690. The molecule has 0 amide bonds. The van der Waals surface area contributed by atoms with Gasteiger partial charge in [0.15, 0.2) is 5.16 Å². The first kappa shape index (κ1) is 20.1. The Hall–Kier alpha value is -2.64. The Bertz CT molecular complexity index is 1080. The number of nitrogens with zero attached hydrogens (tertiary/aromatic N) is 2. The fourth-order valence-corrected chi connectivity index (χ4v) is 3.88. The largest absolute Gasteiger partial charge is 0.465 e. The highest BCUT2D eigenvalue weighted by Crippen LogP contribution is 2.23. The molecule has 0 saturated carbocycles.